The van der Waals surface area contributed by atoms with Crippen molar-refractivity contribution in [2.24, 2.45) is 7.05 Å². The molecule has 7 heteroatoms. The molecule has 0 spiro atoms. The molecule has 0 aliphatic heterocycles. The zero-order valence-electron chi connectivity index (χ0n) is 13.2. The van der Waals surface area contributed by atoms with E-state index in [9.17, 15) is 13.2 Å². The lowest BCUT2D eigenvalue weighted by molar-refractivity contribution is 0.0736. The molecular weight excluding hydrogens is 328 g/mol. The third-order valence-electron chi connectivity index (χ3n) is 3.48. The van der Waals surface area contributed by atoms with Gasteiger partial charge in [-0.05, 0) is 30.3 Å². The number of para-hydroxylation sites is 1. The van der Waals surface area contributed by atoms with Gasteiger partial charge in [-0.2, -0.15) is 0 Å². The average Bonchev–Trinajstić information content (AvgIpc) is 2.86. The van der Waals surface area contributed by atoms with Crippen LogP contribution in [0.3, 0.4) is 0 Å². The molecule has 0 unspecified atom stereocenters. The fourth-order valence-corrected chi connectivity index (χ4v) is 3.04. The number of aryl methyl sites for hydroxylation is 1. The van der Waals surface area contributed by atoms with Crippen LogP contribution in [0.25, 0.3) is 10.9 Å². The van der Waals surface area contributed by atoms with E-state index < -0.39 is 16.0 Å². The highest BCUT2D eigenvalue weighted by Gasteiger charge is 2.15. The minimum atomic E-state index is -3.34. The first-order chi connectivity index (χ1) is 11.3. The molecule has 1 N–H and O–H groups in total. The van der Waals surface area contributed by atoms with Crippen LogP contribution in [0, 0.1) is 0 Å². The van der Waals surface area contributed by atoms with Crippen molar-refractivity contribution in [1.82, 2.24) is 4.57 Å². The van der Waals surface area contributed by atoms with Crippen LogP contribution < -0.4 is 9.46 Å². The van der Waals surface area contributed by atoms with Gasteiger partial charge in [-0.3, -0.25) is 4.72 Å². The molecule has 2 aromatic carbocycles. The van der Waals surface area contributed by atoms with Crippen molar-refractivity contribution >= 4 is 32.6 Å². The molecule has 6 nitrogen and oxygen atoms in total. The van der Waals surface area contributed by atoms with Crippen LogP contribution in [0.5, 0.6) is 5.75 Å². The number of carbonyl (C=O) groups is 1. The summed E-state index contributed by atoms with van der Waals surface area (Å²) < 4.78 is 31.9. The van der Waals surface area contributed by atoms with Crippen molar-refractivity contribution < 1.29 is 17.9 Å². The lowest BCUT2D eigenvalue weighted by atomic mass is 10.2. The number of rotatable bonds is 4. The van der Waals surface area contributed by atoms with Crippen molar-refractivity contribution in [2.75, 3.05) is 11.0 Å². The SMILES string of the molecule is Cn1cc(C(=O)Oc2ccc(NS(C)(=O)=O)cc2)c2ccccc21. The molecule has 3 aromatic rings. The smallest absolute Gasteiger partial charge is 0.345 e. The number of benzene rings is 2. The summed E-state index contributed by atoms with van der Waals surface area (Å²) in [6.45, 7) is 0. The van der Waals surface area contributed by atoms with Gasteiger partial charge < -0.3 is 9.30 Å². The Hall–Kier alpha value is -2.80. The highest BCUT2D eigenvalue weighted by atomic mass is 32.2. The number of nitrogens with one attached hydrogen (secondary N) is 1. The van der Waals surface area contributed by atoms with Crippen molar-refractivity contribution in [1.29, 1.82) is 0 Å². The van der Waals surface area contributed by atoms with E-state index >= 15 is 0 Å². The van der Waals surface area contributed by atoms with Gasteiger partial charge in [-0.25, -0.2) is 13.2 Å². The van der Waals surface area contributed by atoms with E-state index in [1.54, 1.807) is 6.20 Å². The minimum Gasteiger partial charge on any atom is -0.423 e. The fourth-order valence-electron chi connectivity index (χ4n) is 2.47. The number of hydrogen-bond donors (Lipinski definition) is 1. The van der Waals surface area contributed by atoms with Gasteiger partial charge in [0.05, 0.1) is 11.8 Å². The zero-order valence-corrected chi connectivity index (χ0v) is 14.0. The van der Waals surface area contributed by atoms with Gasteiger partial charge in [-0.1, -0.05) is 18.2 Å². The average molecular weight is 344 g/mol. The molecule has 1 aromatic heterocycles. The second kappa shape index (κ2) is 6.01. The molecule has 0 aliphatic rings. The van der Waals surface area contributed by atoms with Crippen LogP contribution in [0.15, 0.2) is 54.7 Å². The summed E-state index contributed by atoms with van der Waals surface area (Å²) in [6.07, 6.45) is 2.80. The van der Waals surface area contributed by atoms with Crippen LogP contribution in [-0.4, -0.2) is 25.2 Å². The molecule has 0 radical (unpaired) electrons. The lowest BCUT2D eigenvalue weighted by Gasteiger charge is -2.06. The van der Waals surface area contributed by atoms with Gasteiger partial charge in [0.1, 0.15) is 5.75 Å². The Morgan fingerprint density at radius 3 is 2.42 bits per heavy atom. The second-order valence-corrected chi connectivity index (χ2v) is 7.21. The lowest BCUT2D eigenvalue weighted by Crippen LogP contribution is -2.10. The van der Waals surface area contributed by atoms with Crippen molar-refractivity contribution in [3.05, 3.63) is 60.3 Å². The minimum absolute atomic E-state index is 0.340. The van der Waals surface area contributed by atoms with Crippen molar-refractivity contribution in [2.45, 2.75) is 0 Å². The number of sulfonamides is 1. The third kappa shape index (κ3) is 3.41. The van der Waals surface area contributed by atoms with Crippen LogP contribution in [0.4, 0.5) is 5.69 Å². The Morgan fingerprint density at radius 2 is 1.75 bits per heavy atom. The van der Waals surface area contributed by atoms with E-state index in [4.69, 9.17) is 4.74 Å². The first-order valence-corrected chi connectivity index (χ1v) is 9.07. The summed E-state index contributed by atoms with van der Waals surface area (Å²) in [5.41, 5.74) is 1.83. The molecule has 0 bridgehead atoms. The highest BCUT2D eigenvalue weighted by molar-refractivity contribution is 7.92. The van der Waals surface area contributed by atoms with Gasteiger partial charge in [0.2, 0.25) is 10.0 Å². The monoisotopic (exact) mass is 344 g/mol. The molecule has 24 heavy (non-hydrogen) atoms. The molecule has 1 heterocycles. The number of carbonyl (C=O) groups excluding carboxylic acids is 1. The van der Waals surface area contributed by atoms with Gasteiger partial charge in [0, 0.05) is 29.8 Å². The van der Waals surface area contributed by atoms with Crippen molar-refractivity contribution in [3.63, 3.8) is 0 Å². The van der Waals surface area contributed by atoms with E-state index in [1.807, 2.05) is 35.9 Å². The second-order valence-electron chi connectivity index (χ2n) is 5.46. The summed E-state index contributed by atoms with van der Waals surface area (Å²) in [5, 5.41) is 0.820. The largest absolute Gasteiger partial charge is 0.423 e. The van der Waals surface area contributed by atoms with Gasteiger partial charge in [0.25, 0.3) is 0 Å². The normalized spacial score (nSPS) is 11.4. The molecule has 0 saturated carbocycles. The zero-order chi connectivity index (χ0) is 17.3. The summed E-state index contributed by atoms with van der Waals surface area (Å²) in [4.78, 5) is 12.4. The predicted octanol–water partition coefficient (Wildman–Crippen LogP) is 2.77. The van der Waals surface area contributed by atoms with E-state index in [1.165, 1.54) is 24.3 Å². The maximum Gasteiger partial charge on any atom is 0.345 e. The quantitative estimate of drug-likeness (QED) is 0.583. The molecule has 124 valence electrons. The Bertz CT molecular complexity index is 1000. The topological polar surface area (TPSA) is 77.4 Å². The van der Waals surface area contributed by atoms with Gasteiger partial charge in [-0.15, -0.1) is 0 Å². The number of esters is 1. The maximum atomic E-state index is 12.4. The number of ether oxygens (including phenoxy) is 1. The molecular formula is C17H16N2O4S. The number of nitrogens with zero attached hydrogens (tertiary/aromatic N) is 1. The molecule has 0 aliphatic carbocycles. The molecule has 0 fully saturated rings. The number of fused-ring (bicyclic) bond motifs is 1. The Morgan fingerprint density at radius 1 is 1.08 bits per heavy atom. The molecule has 0 atom stereocenters. The number of hydrogen-bond acceptors (Lipinski definition) is 4. The Kier molecular flexibility index (Phi) is 4.02. The number of anilines is 1. The summed E-state index contributed by atoms with van der Waals surface area (Å²) in [7, 11) is -1.47. The Labute approximate surface area is 139 Å². The first kappa shape index (κ1) is 16.1. The molecule has 3 rings (SSSR count). The van der Waals surface area contributed by atoms with Crippen molar-refractivity contribution in [3.8, 4) is 5.75 Å². The van der Waals surface area contributed by atoms with Crippen LogP contribution in [0.2, 0.25) is 0 Å². The van der Waals surface area contributed by atoms with E-state index in [2.05, 4.69) is 4.72 Å². The summed E-state index contributed by atoms with van der Waals surface area (Å²) >= 11 is 0. The first-order valence-electron chi connectivity index (χ1n) is 7.17. The van der Waals surface area contributed by atoms with E-state index in [-0.39, 0.29) is 0 Å². The molecule has 0 saturated heterocycles. The Balaban J connectivity index is 1.81. The van der Waals surface area contributed by atoms with Gasteiger partial charge >= 0.3 is 5.97 Å². The predicted molar refractivity (Wildman–Crippen MR) is 92.8 cm³/mol. The molecule has 0 amide bonds. The fraction of sp³-hybridized carbons (Fsp3) is 0.118. The van der Waals surface area contributed by atoms with E-state index in [0.29, 0.717) is 17.0 Å². The van der Waals surface area contributed by atoms with Gasteiger partial charge in [0.15, 0.2) is 0 Å². The summed E-state index contributed by atoms with van der Waals surface area (Å²) in [6, 6.07) is 13.7. The van der Waals surface area contributed by atoms with Crippen LogP contribution in [-0.2, 0) is 17.1 Å². The highest BCUT2D eigenvalue weighted by Crippen LogP contribution is 2.23. The standard InChI is InChI=1S/C17H16N2O4S/c1-19-11-15(14-5-3-4-6-16(14)19)17(20)23-13-9-7-12(8-10-13)18-24(2,21)22/h3-11,18H,1-2H3. The van der Waals surface area contributed by atoms with Crippen LogP contribution in [0.1, 0.15) is 10.4 Å². The third-order valence-corrected chi connectivity index (χ3v) is 4.09. The van der Waals surface area contributed by atoms with Crippen LogP contribution >= 0.6 is 0 Å². The maximum absolute atomic E-state index is 12.4. The van der Waals surface area contributed by atoms with E-state index in [0.717, 1.165) is 17.2 Å². The number of aromatic nitrogens is 1. The summed E-state index contributed by atoms with van der Waals surface area (Å²) in [5.74, 6) is -0.123.